The summed E-state index contributed by atoms with van der Waals surface area (Å²) in [6.45, 7) is 1.35. The molecule has 9 heteroatoms. The second-order valence-electron chi connectivity index (χ2n) is 7.56. The fraction of sp³-hybridized carbons (Fsp3) is 0.217. The molecule has 162 valence electrons. The molecular formula is C23H23N7O2. The maximum atomic E-state index is 12.6. The third-order valence-electron chi connectivity index (χ3n) is 5.44. The van der Waals surface area contributed by atoms with Crippen molar-refractivity contribution in [1.29, 1.82) is 0 Å². The first kappa shape index (κ1) is 20.0. The number of aliphatic hydroxyl groups is 1. The number of imidazole rings is 2. The lowest BCUT2D eigenvalue weighted by Crippen LogP contribution is -2.20. The number of anilines is 2. The van der Waals surface area contributed by atoms with Crippen LogP contribution in [-0.4, -0.2) is 47.2 Å². The van der Waals surface area contributed by atoms with Crippen LogP contribution >= 0.6 is 0 Å². The SMILES string of the molecule is O=c1[nH]c2cnc(N(CCCCO)c3ccccc3)cc2n2c(Cn3ccnc3)ncc12. The van der Waals surface area contributed by atoms with E-state index >= 15 is 0 Å². The number of H-pyrrole nitrogens is 1. The Morgan fingerprint density at radius 3 is 2.72 bits per heavy atom. The summed E-state index contributed by atoms with van der Waals surface area (Å²) >= 11 is 0. The van der Waals surface area contributed by atoms with Gasteiger partial charge in [-0.2, -0.15) is 0 Å². The summed E-state index contributed by atoms with van der Waals surface area (Å²) < 4.78 is 3.80. The van der Waals surface area contributed by atoms with Crippen LogP contribution in [0.5, 0.6) is 0 Å². The lowest BCUT2D eigenvalue weighted by Gasteiger charge is -2.24. The number of fused-ring (bicyclic) bond motifs is 3. The molecule has 1 aromatic carbocycles. The Morgan fingerprint density at radius 1 is 1.06 bits per heavy atom. The molecule has 5 rings (SSSR count). The van der Waals surface area contributed by atoms with Gasteiger partial charge in [0.15, 0.2) is 0 Å². The van der Waals surface area contributed by atoms with Gasteiger partial charge in [0, 0.05) is 37.3 Å². The number of nitrogens with one attached hydrogen (secondary N) is 1. The second-order valence-corrected chi connectivity index (χ2v) is 7.56. The van der Waals surface area contributed by atoms with Crippen molar-refractivity contribution in [2.24, 2.45) is 0 Å². The zero-order valence-electron chi connectivity index (χ0n) is 17.4. The zero-order chi connectivity index (χ0) is 21.9. The van der Waals surface area contributed by atoms with Gasteiger partial charge in [0.25, 0.3) is 5.56 Å². The predicted molar refractivity (Wildman–Crippen MR) is 122 cm³/mol. The molecule has 0 unspecified atom stereocenters. The van der Waals surface area contributed by atoms with Gasteiger partial charge >= 0.3 is 0 Å². The van der Waals surface area contributed by atoms with Crippen LogP contribution in [0.1, 0.15) is 18.7 Å². The molecule has 4 aromatic heterocycles. The van der Waals surface area contributed by atoms with Crippen molar-refractivity contribution in [3.63, 3.8) is 0 Å². The minimum atomic E-state index is -0.209. The third-order valence-corrected chi connectivity index (χ3v) is 5.44. The van der Waals surface area contributed by atoms with E-state index in [1.807, 2.05) is 51.6 Å². The molecule has 0 aliphatic heterocycles. The first-order valence-corrected chi connectivity index (χ1v) is 10.5. The van der Waals surface area contributed by atoms with Crippen LogP contribution in [0.3, 0.4) is 0 Å². The van der Waals surface area contributed by atoms with Crippen LogP contribution < -0.4 is 10.5 Å². The average Bonchev–Trinajstić information content (AvgIpc) is 3.49. The maximum absolute atomic E-state index is 12.6. The molecule has 0 radical (unpaired) electrons. The number of hydrogen-bond donors (Lipinski definition) is 2. The van der Waals surface area contributed by atoms with Crippen molar-refractivity contribution >= 4 is 28.1 Å². The summed E-state index contributed by atoms with van der Waals surface area (Å²) in [4.78, 5) is 30.9. The number of aliphatic hydroxyl groups excluding tert-OH is 1. The highest BCUT2D eigenvalue weighted by Crippen LogP contribution is 2.27. The van der Waals surface area contributed by atoms with Crippen LogP contribution in [0.25, 0.3) is 16.6 Å². The van der Waals surface area contributed by atoms with Crippen molar-refractivity contribution in [3.8, 4) is 0 Å². The molecule has 0 saturated carbocycles. The molecule has 0 amide bonds. The predicted octanol–water partition coefficient (Wildman–Crippen LogP) is 2.73. The summed E-state index contributed by atoms with van der Waals surface area (Å²) in [5.41, 5.74) is 2.75. The van der Waals surface area contributed by atoms with Crippen molar-refractivity contribution in [3.05, 3.63) is 83.7 Å². The Morgan fingerprint density at radius 2 is 1.94 bits per heavy atom. The minimum absolute atomic E-state index is 0.155. The Hall–Kier alpha value is -3.98. The number of para-hydroxylation sites is 1. The van der Waals surface area contributed by atoms with Gasteiger partial charge in [-0.3, -0.25) is 9.20 Å². The summed E-state index contributed by atoms with van der Waals surface area (Å²) in [5.74, 6) is 1.50. The smallest absolute Gasteiger partial charge is 0.274 e. The van der Waals surface area contributed by atoms with Crippen LogP contribution in [0, 0.1) is 0 Å². The number of nitrogens with zero attached hydrogens (tertiary/aromatic N) is 6. The Bertz CT molecular complexity index is 1390. The fourth-order valence-electron chi connectivity index (χ4n) is 3.89. The molecular weight excluding hydrogens is 406 g/mol. The van der Waals surface area contributed by atoms with Crippen molar-refractivity contribution in [2.45, 2.75) is 19.4 Å². The maximum Gasteiger partial charge on any atom is 0.274 e. The topological polar surface area (TPSA) is 104 Å². The number of rotatable bonds is 8. The molecule has 4 heterocycles. The van der Waals surface area contributed by atoms with Crippen molar-refractivity contribution < 1.29 is 5.11 Å². The second kappa shape index (κ2) is 8.64. The van der Waals surface area contributed by atoms with E-state index in [4.69, 9.17) is 0 Å². The highest BCUT2D eigenvalue weighted by molar-refractivity contribution is 5.81. The highest BCUT2D eigenvalue weighted by atomic mass is 16.2. The van der Waals surface area contributed by atoms with Gasteiger partial charge in [0.2, 0.25) is 0 Å². The summed E-state index contributed by atoms with van der Waals surface area (Å²) in [5, 5.41) is 9.23. The molecule has 0 bridgehead atoms. The van der Waals surface area contributed by atoms with E-state index in [1.165, 1.54) is 0 Å². The van der Waals surface area contributed by atoms with Gasteiger partial charge in [0.1, 0.15) is 17.2 Å². The molecule has 0 atom stereocenters. The molecule has 2 N–H and O–H groups in total. The van der Waals surface area contributed by atoms with Gasteiger partial charge in [-0.25, -0.2) is 15.0 Å². The zero-order valence-corrected chi connectivity index (χ0v) is 17.4. The Balaban J connectivity index is 1.65. The Labute approximate surface area is 183 Å². The van der Waals surface area contributed by atoms with Crippen LogP contribution in [0.4, 0.5) is 11.5 Å². The summed E-state index contributed by atoms with van der Waals surface area (Å²) in [7, 11) is 0. The molecule has 0 aliphatic rings. The number of aromatic nitrogens is 6. The van der Waals surface area contributed by atoms with E-state index in [0.29, 0.717) is 30.5 Å². The van der Waals surface area contributed by atoms with Gasteiger partial charge in [-0.1, -0.05) is 18.2 Å². The summed E-state index contributed by atoms with van der Waals surface area (Å²) in [6.07, 6.45) is 10.1. The van der Waals surface area contributed by atoms with Crippen LogP contribution in [0.15, 0.2) is 72.3 Å². The molecule has 0 spiro atoms. The molecule has 0 aliphatic carbocycles. The number of benzene rings is 1. The minimum Gasteiger partial charge on any atom is -0.396 e. The van der Waals surface area contributed by atoms with Gasteiger partial charge < -0.3 is 19.6 Å². The normalized spacial score (nSPS) is 11.4. The van der Waals surface area contributed by atoms with Crippen LogP contribution in [-0.2, 0) is 6.54 Å². The molecule has 32 heavy (non-hydrogen) atoms. The largest absolute Gasteiger partial charge is 0.396 e. The highest BCUT2D eigenvalue weighted by Gasteiger charge is 2.16. The number of pyridine rings is 1. The van der Waals surface area contributed by atoms with Crippen molar-refractivity contribution in [1.82, 2.24) is 28.9 Å². The van der Waals surface area contributed by atoms with Crippen LogP contribution in [0.2, 0.25) is 0 Å². The number of aromatic amines is 1. The Kier molecular flexibility index (Phi) is 5.39. The van der Waals surface area contributed by atoms with E-state index < -0.39 is 0 Å². The molecule has 0 saturated heterocycles. The third kappa shape index (κ3) is 3.74. The summed E-state index contributed by atoms with van der Waals surface area (Å²) in [6, 6.07) is 12.0. The van der Waals surface area contributed by atoms with E-state index in [9.17, 15) is 9.90 Å². The fourth-order valence-corrected chi connectivity index (χ4v) is 3.89. The van der Waals surface area contributed by atoms with Gasteiger partial charge in [-0.05, 0) is 25.0 Å². The monoisotopic (exact) mass is 429 g/mol. The molecule has 5 aromatic rings. The van der Waals surface area contributed by atoms with Crippen molar-refractivity contribution in [2.75, 3.05) is 18.1 Å². The van der Waals surface area contributed by atoms with Gasteiger partial charge in [-0.15, -0.1) is 0 Å². The first-order valence-electron chi connectivity index (χ1n) is 10.5. The van der Waals surface area contributed by atoms with E-state index in [-0.39, 0.29) is 12.2 Å². The lowest BCUT2D eigenvalue weighted by atomic mass is 10.2. The average molecular weight is 429 g/mol. The van der Waals surface area contributed by atoms with E-state index in [0.717, 1.165) is 29.3 Å². The number of unbranched alkanes of at least 4 members (excludes halogenated alkanes) is 1. The lowest BCUT2D eigenvalue weighted by molar-refractivity contribution is 0.285. The molecule has 0 fully saturated rings. The van der Waals surface area contributed by atoms with E-state index in [1.54, 1.807) is 24.9 Å². The standard InChI is InChI=1S/C23H23N7O2/c31-11-5-4-9-29(17-6-2-1-3-7-17)21-12-19-18(13-25-21)27-23(32)20-14-26-22(30(19)20)15-28-10-8-24-16-28/h1-3,6-8,10,12-14,16,31H,4-5,9,11,15H2,(H,27,32). The quantitative estimate of drug-likeness (QED) is 0.368. The molecule has 9 nitrogen and oxygen atoms in total. The van der Waals surface area contributed by atoms with E-state index in [2.05, 4.69) is 24.8 Å². The first-order chi connectivity index (χ1) is 15.7. The van der Waals surface area contributed by atoms with Gasteiger partial charge in [0.05, 0.1) is 36.3 Å². The number of hydrogen-bond acceptors (Lipinski definition) is 6.